The van der Waals surface area contributed by atoms with E-state index in [1.165, 1.54) is 24.0 Å². The van der Waals surface area contributed by atoms with Gasteiger partial charge < -0.3 is 14.9 Å². The number of rotatable bonds is 8. The predicted molar refractivity (Wildman–Crippen MR) is 124 cm³/mol. The fourth-order valence-corrected chi connectivity index (χ4v) is 3.93. The zero-order valence-electron chi connectivity index (χ0n) is 18.9. The van der Waals surface area contributed by atoms with E-state index in [1.54, 1.807) is 0 Å². The first-order valence-corrected chi connectivity index (χ1v) is 11.1. The standard InChI is InChI=1S/C23H32N2O.C2H2O4/c1-3-25(18-20-10-6-5-7-11-20)22-14-16-24(17-15-22)19-21-12-8-9-13-23(21)26-4-2;3-1(4)2(5)6/h5-13,22H,3-4,14-19H2,1-2H3;(H,3,4)(H,5,6). The molecule has 0 amide bonds. The van der Waals surface area contributed by atoms with Crippen molar-refractivity contribution in [3.05, 3.63) is 65.7 Å². The van der Waals surface area contributed by atoms with Crippen LogP contribution < -0.4 is 4.74 Å². The fraction of sp³-hybridized carbons (Fsp3) is 0.440. The lowest BCUT2D eigenvalue weighted by Crippen LogP contribution is -2.44. The van der Waals surface area contributed by atoms with E-state index in [-0.39, 0.29) is 0 Å². The van der Waals surface area contributed by atoms with Gasteiger partial charge in [-0.05, 0) is 51.0 Å². The molecule has 1 saturated heterocycles. The fourth-order valence-electron chi connectivity index (χ4n) is 3.93. The summed E-state index contributed by atoms with van der Waals surface area (Å²) < 4.78 is 5.79. The summed E-state index contributed by atoms with van der Waals surface area (Å²) in [4.78, 5) is 23.4. The normalized spacial score (nSPS) is 14.5. The predicted octanol–water partition coefficient (Wildman–Crippen LogP) is 3.73. The largest absolute Gasteiger partial charge is 0.494 e. The van der Waals surface area contributed by atoms with Crippen molar-refractivity contribution in [2.24, 2.45) is 0 Å². The lowest BCUT2D eigenvalue weighted by molar-refractivity contribution is -0.159. The third-order valence-corrected chi connectivity index (χ3v) is 5.56. The van der Waals surface area contributed by atoms with Crippen molar-refractivity contribution in [2.75, 3.05) is 26.2 Å². The van der Waals surface area contributed by atoms with Crippen molar-refractivity contribution in [3.8, 4) is 5.75 Å². The lowest BCUT2D eigenvalue weighted by atomic mass is 10.0. The van der Waals surface area contributed by atoms with Gasteiger partial charge in [0.25, 0.3) is 0 Å². The molecule has 7 heteroatoms. The molecule has 0 saturated carbocycles. The van der Waals surface area contributed by atoms with E-state index >= 15 is 0 Å². The quantitative estimate of drug-likeness (QED) is 0.602. The Bertz CT molecular complexity index is 823. The van der Waals surface area contributed by atoms with Crippen LogP contribution in [0.3, 0.4) is 0 Å². The third-order valence-electron chi connectivity index (χ3n) is 5.56. The van der Waals surface area contributed by atoms with Crippen molar-refractivity contribution < 1.29 is 24.5 Å². The van der Waals surface area contributed by atoms with E-state index < -0.39 is 11.9 Å². The molecule has 1 aliphatic rings. The Morgan fingerprint density at radius 2 is 1.56 bits per heavy atom. The molecule has 2 aromatic rings. The highest BCUT2D eigenvalue weighted by atomic mass is 16.5. The van der Waals surface area contributed by atoms with Crippen LogP contribution in [-0.4, -0.2) is 64.2 Å². The van der Waals surface area contributed by atoms with Gasteiger partial charge in [-0.25, -0.2) is 9.59 Å². The molecule has 0 radical (unpaired) electrons. The molecule has 3 rings (SSSR count). The number of hydrogen-bond acceptors (Lipinski definition) is 5. The van der Waals surface area contributed by atoms with Crippen LogP contribution in [0.5, 0.6) is 5.75 Å². The van der Waals surface area contributed by atoms with Gasteiger partial charge in [0.2, 0.25) is 0 Å². The molecular weight excluding hydrogens is 408 g/mol. The van der Waals surface area contributed by atoms with Crippen LogP contribution in [-0.2, 0) is 22.7 Å². The molecule has 0 aliphatic carbocycles. The summed E-state index contributed by atoms with van der Waals surface area (Å²) in [5, 5.41) is 14.8. The summed E-state index contributed by atoms with van der Waals surface area (Å²) >= 11 is 0. The number of piperidine rings is 1. The highest BCUT2D eigenvalue weighted by Gasteiger charge is 2.24. The van der Waals surface area contributed by atoms with Crippen LogP contribution in [0.4, 0.5) is 0 Å². The number of ether oxygens (including phenoxy) is 1. The smallest absolute Gasteiger partial charge is 0.414 e. The maximum absolute atomic E-state index is 9.10. The van der Waals surface area contributed by atoms with Gasteiger partial charge in [-0.15, -0.1) is 0 Å². The van der Waals surface area contributed by atoms with Crippen LogP contribution in [0.25, 0.3) is 0 Å². The average Bonchev–Trinajstić information content (AvgIpc) is 2.80. The van der Waals surface area contributed by atoms with Crippen molar-refractivity contribution in [1.82, 2.24) is 9.80 Å². The lowest BCUT2D eigenvalue weighted by Gasteiger charge is -2.38. The van der Waals surface area contributed by atoms with Crippen molar-refractivity contribution in [2.45, 2.75) is 45.8 Å². The Morgan fingerprint density at radius 1 is 0.969 bits per heavy atom. The van der Waals surface area contributed by atoms with Crippen LogP contribution in [0.15, 0.2) is 54.6 Å². The van der Waals surface area contributed by atoms with E-state index in [9.17, 15) is 0 Å². The molecule has 7 nitrogen and oxygen atoms in total. The van der Waals surface area contributed by atoms with E-state index in [0.717, 1.165) is 45.1 Å². The van der Waals surface area contributed by atoms with Crippen LogP contribution in [0.1, 0.15) is 37.8 Å². The number of benzene rings is 2. The molecule has 2 N–H and O–H groups in total. The van der Waals surface area contributed by atoms with Gasteiger partial charge in [-0.3, -0.25) is 9.80 Å². The minimum Gasteiger partial charge on any atom is -0.494 e. The molecule has 0 unspecified atom stereocenters. The first-order chi connectivity index (χ1) is 15.4. The first-order valence-electron chi connectivity index (χ1n) is 11.1. The summed E-state index contributed by atoms with van der Waals surface area (Å²) in [7, 11) is 0. The number of nitrogens with zero attached hydrogens (tertiary/aromatic N) is 2. The number of carboxylic acid groups (broad SMARTS) is 2. The summed E-state index contributed by atoms with van der Waals surface area (Å²) in [6.45, 7) is 10.6. The molecule has 0 spiro atoms. The second-order valence-corrected chi connectivity index (χ2v) is 7.71. The molecule has 174 valence electrons. The van der Waals surface area contributed by atoms with Gasteiger partial charge in [0.05, 0.1) is 6.61 Å². The van der Waals surface area contributed by atoms with Gasteiger partial charge in [0.15, 0.2) is 0 Å². The minimum absolute atomic E-state index is 0.693. The Labute approximate surface area is 190 Å². The summed E-state index contributed by atoms with van der Waals surface area (Å²) in [6.07, 6.45) is 2.49. The van der Waals surface area contributed by atoms with E-state index in [4.69, 9.17) is 24.5 Å². The monoisotopic (exact) mass is 442 g/mol. The minimum atomic E-state index is -1.82. The van der Waals surface area contributed by atoms with Gasteiger partial charge >= 0.3 is 11.9 Å². The number of para-hydroxylation sites is 1. The van der Waals surface area contributed by atoms with Crippen molar-refractivity contribution in [1.29, 1.82) is 0 Å². The van der Waals surface area contributed by atoms with E-state index in [0.29, 0.717) is 6.04 Å². The number of carbonyl (C=O) groups is 2. The Balaban J connectivity index is 0.000000534. The highest BCUT2D eigenvalue weighted by Crippen LogP contribution is 2.24. The SMILES string of the molecule is CCOc1ccccc1CN1CCC(N(CC)Cc2ccccc2)CC1.O=C(O)C(=O)O. The van der Waals surface area contributed by atoms with Crippen LogP contribution in [0.2, 0.25) is 0 Å². The summed E-state index contributed by atoms with van der Waals surface area (Å²) in [6, 6.07) is 20.0. The molecule has 2 aromatic carbocycles. The van der Waals surface area contributed by atoms with Gasteiger partial charge in [-0.2, -0.15) is 0 Å². The van der Waals surface area contributed by atoms with E-state index in [1.807, 2.05) is 6.92 Å². The van der Waals surface area contributed by atoms with Gasteiger partial charge in [0, 0.05) is 24.7 Å². The van der Waals surface area contributed by atoms with Crippen LogP contribution >= 0.6 is 0 Å². The zero-order valence-corrected chi connectivity index (χ0v) is 18.9. The Kier molecular flexibility index (Phi) is 10.7. The molecule has 1 aliphatic heterocycles. The topological polar surface area (TPSA) is 90.3 Å². The maximum Gasteiger partial charge on any atom is 0.414 e. The van der Waals surface area contributed by atoms with Crippen molar-refractivity contribution >= 4 is 11.9 Å². The summed E-state index contributed by atoms with van der Waals surface area (Å²) in [5.41, 5.74) is 2.73. The second kappa shape index (κ2) is 13.5. The zero-order chi connectivity index (χ0) is 23.3. The van der Waals surface area contributed by atoms with Crippen LogP contribution in [0, 0.1) is 0 Å². The highest BCUT2D eigenvalue weighted by molar-refractivity contribution is 6.27. The average molecular weight is 443 g/mol. The number of aliphatic carboxylic acids is 2. The molecule has 32 heavy (non-hydrogen) atoms. The van der Waals surface area contributed by atoms with E-state index in [2.05, 4.69) is 71.3 Å². The number of hydrogen-bond donors (Lipinski definition) is 2. The summed E-state index contributed by atoms with van der Waals surface area (Å²) in [5.74, 6) is -2.61. The second-order valence-electron chi connectivity index (χ2n) is 7.71. The van der Waals surface area contributed by atoms with Crippen molar-refractivity contribution in [3.63, 3.8) is 0 Å². The maximum atomic E-state index is 9.10. The number of carboxylic acids is 2. The number of likely N-dealkylation sites (tertiary alicyclic amines) is 1. The molecule has 1 heterocycles. The Hall–Kier alpha value is -2.90. The third kappa shape index (κ3) is 8.32. The molecule has 0 aromatic heterocycles. The molecule has 0 bridgehead atoms. The first kappa shape index (κ1) is 25.4. The molecule has 0 atom stereocenters. The van der Waals surface area contributed by atoms with Gasteiger partial charge in [-0.1, -0.05) is 55.5 Å². The molecule has 1 fully saturated rings. The molecular formula is C25H34N2O5. The Morgan fingerprint density at radius 3 is 2.12 bits per heavy atom. The van der Waals surface area contributed by atoms with Gasteiger partial charge in [0.1, 0.15) is 5.75 Å².